The molecule has 0 fully saturated rings. The minimum atomic E-state index is 0.340. The number of methoxy groups -OCH3 is 1. The van der Waals surface area contributed by atoms with Gasteiger partial charge in [0.25, 0.3) is 0 Å². The lowest BCUT2D eigenvalue weighted by atomic mass is 10.2. The third kappa shape index (κ3) is 1.73. The van der Waals surface area contributed by atoms with Crippen LogP contribution in [-0.4, -0.2) is 17.1 Å². The van der Waals surface area contributed by atoms with Crippen molar-refractivity contribution in [2.45, 2.75) is 6.54 Å². The molecule has 1 N–H and O–H groups in total. The zero-order chi connectivity index (χ0) is 12.5. The first-order chi connectivity index (χ1) is 8.79. The van der Waals surface area contributed by atoms with Crippen LogP contribution in [0.1, 0.15) is 5.56 Å². The van der Waals surface area contributed by atoms with Crippen molar-refractivity contribution in [1.82, 2.24) is 9.97 Å². The van der Waals surface area contributed by atoms with E-state index >= 15 is 0 Å². The third-order valence-electron chi connectivity index (χ3n) is 2.70. The predicted octanol–water partition coefficient (Wildman–Crippen LogP) is 2.86. The number of nitrogens with one attached hydrogen (secondary N) is 1. The Labute approximate surface area is 109 Å². The number of ether oxygens (including phenoxy) is 2. The smallest absolute Gasteiger partial charge is 0.247 e. The van der Waals surface area contributed by atoms with E-state index in [1.54, 1.807) is 7.11 Å². The summed E-state index contributed by atoms with van der Waals surface area (Å²) in [6.45, 7) is 0.576. The molecule has 2 aromatic rings. The van der Waals surface area contributed by atoms with Crippen molar-refractivity contribution in [1.29, 1.82) is 0 Å². The Hall–Kier alpha value is -2.01. The van der Waals surface area contributed by atoms with Crippen molar-refractivity contribution in [2.24, 2.45) is 0 Å². The Morgan fingerprint density at radius 3 is 3.11 bits per heavy atom. The van der Waals surface area contributed by atoms with Crippen molar-refractivity contribution in [3.8, 4) is 17.4 Å². The molecular weight excluding hydrogens is 254 g/mol. The van der Waals surface area contributed by atoms with Crippen molar-refractivity contribution >= 4 is 17.3 Å². The number of nitrogens with zero attached hydrogens (tertiary/aromatic N) is 2. The van der Waals surface area contributed by atoms with E-state index in [1.165, 1.54) is 6.33 Å². The summed E-state index contributed by atoms with van der Waals surface area (Å²) in [7, 11) is 1.60. The normalized spacial score (nSPS) is 12.6. The average molecular weight is 264 g/mol. The summed E-state index contributed by atoms with van der Waals surface area (Å²) in [5.41, 5.74) is 1.57. The highest BCUT2D eigenvalue weighted by Gasteiger charge is 2.20. The summed E-state index contributed by atoms with van der Waals surface area (Å²) in [6, 6.07) is 5.71. The molecule has 1 aromatic carbocycles. The molecule has 0 atom stereocenters. The molecule has 0 unspecified atom stereocenters. The van der Waals surface area contributed by atoms with Crippen LogP contribution in [0, 0.1) is 0 Å². The molecule has 0 saturated carbocycles. The van der Waals surface area contributed by atoms with E-state index < -0.39 is 0 Å². The van der Waals surface area contributed by atoms with Gasteiger partial charge in [-0.25, -0.2) is 4.98 Å². The fourth-order valence-corrected chi connectivity index (χ4v) is 2.02. The number of fused-ring (bicyclic) bond motifs is 2. The highest BCUT2D eigenvalue weighted by Crippen LogP contribution is 2.41. The molecule has 0 radical (unpaired) electrons. The molecule has 6 heteroatoms. The van der Waals surface area contributed by atoms with E-state index in [0.717, 1.165) is 5.56 Å². The number of para-hydroxylation sites is 1. The van der Waals surface area contributed by atoms with Gasteiger partial charge in [-0.3, -0.25) is 0 Å². The first-order valence-electron chi connectivity index (χ1n) is 5.37. The average Bonchev–Trinajstić information content (AvgIpc) is 2.58. The van der Waals surface area contributed by atoms with Crippen LogP contribution in [0.25, 0.3) is 0 Å². The van der Waals surface area contributed by atoms with Gasteiger partial charge in [0.15, 0.2) is 16.7 Å². The van der Waals surface area contributed by atoms with E-state index in [4.69, 9.17) is 21.1 Å². The summed E-state index contributed by atoms with van der Waals surface area (Å²) in [6.07, 6.45) is 1.36. The molecule has 0 spiro atoms. The van der Waals surface area contributed by atoms with Gasteiger partial charge in [-0.05, 0) is 6.07 Å². The molecule has 18 heavy (non-hydrogen) atoms. The molecule has 5 nitrogen and oxygen atoms in total. The summed E-state index contributed by atoms with van der Waals surface area (Å²) in [4.78, 5) is 8.00. The van der Waals surface area contributed by atoms with Gasteiger partial charge in [0.2, 0.25) is 5.88 Å². The van der Waals surface area contributed by atoms with Gasteiger partial charge >= 0.3 is 0 Å². The minimum absolute atomic E-state index is 0.340. The van der Waals surface area contributed by atoms with Crippen LogP contribution in [-0.2, 0) is 6.54 Å². The van der Waals surface area contributed by atoms with E-state index in [2.05, 4.69) is 15.3 Å². The number of aromatic nitrogens is 2. The largest absolute Gasteiger partial charge is 0.493 e. The Morgan fingerprint density at radius 2 is 2.28 bits per heavy atom. The Balaban J connectivity index is 2.13. The van der Waals surface area contributed by atoms with Gasteiger partial charge in [-0.2, -0.15) is 4.98 Å². The SMILES string of the molecule is COc1cccc2c1Oc1ncnc(Cl)c1NC2. The monoisotopic (exact) mass is 263 g/mol. The van der Waals surface area contributed by atoms with Gasteiger partial charge in [0.1, 0.15) is 12.0 Å². The lowest BCUT2D eigenvalue weighted by molar-refractivity contribution is 0.374. The first kappa shape index (κ1) is 11.1. The van der Waals surface area contributed by atoms with Gasteiger partial charge in [0, 0.05) is 12.1 Å². The second-order valence-electron chi connectivity index (χ2n) is 3.75. The first-order valence-corrected chi connectivity index (χ1v) is 5.75. The lowest BCUT2D eigenvalue weighted by Crippen LogP contribution is -1.99. The van der Waals surface area contributed by atoms with Crippen LogP contribution >= 0.6 is 11.6 Å². The van der Waals surface area contributed by atoms with Gasteiger partial charge < -0.3 is 14.8 Å². The Bertz CT molecular complexity index is 604. The molecule has 1 aliphatic heterocycles. The number of rotatable bonds is 1. The molecule has 92 valence electrons. The second-order valence-corrected chi connectivity index (χ2v) is 4.11. The predicted molar refractivity (Wildman–Crippen MR) is 67.4 cm³/mol. The lowest BCUT2D eigenvalue weighted by Gasteiger charge is -2.10. The molecule has 0 aliphatic carbocycles. The second kappa shape index (κ2) is 4.34. The minimum Gasteiger partial charge on any atom is -0.493 e. The molecule has 1 aromatic heterocycles. The van der Waals surface area contributed by atoms with Crippen LogP contribution < -0.4 is 14.8 Å². The van der Waals surface area contributed by atoms with Crippen LogP contribution in [0.2, 0.25) is 5.15 Å². The number of benzene rings is 1. The molecule has 0 saturated heterocycles. The topological polar surface area (TPSA) is 56.3 Å². The fourth-order valence-electron chi connectivity index (χ4n) is 1.83. The zero-order valence-electron chi connectivity index (χ0n) is 9.61. The Kier molecular flexibility index (Phi) is 2.68. The van der Waals surface area contributed by atoms with Gasteiger partial charge in [0.05, 0.1) is 7.11 Å². The summed E-state index contributed by atoms with van der Waals surface area (Å²) >= 11 is 6.01. The fraction of sp³-hybridized carbons (Fsp3) is 0.167. The molecule has 1 aliphatic rings. The third-order valence-corrected chi connectivity index (χ3v) is 2.99. The maximum atomic E-state index is 6.01. The standard InChI is InChI=1S/C12H10ClN3O2/c1-17-8-4-2-3-7-5-14-9-11(13)15-6-16-12(9)18-10(7)8/h2-4,6,14H,5H2,1H3. The quantitative estimate of drug-likeness (QED) is 0.802. The molecule has 2 heterocycles. The highest BCUT2D eigenvalue weighted by molar-refractivity contribution is 6.32. The van der Waals surface area contributed by atoms with Crippen molar-refractivity contribution < 1.29 is 9.47 Å². The highest BCUT2D eigenvalue weighted by atomic mass is 35.5. The number of halogens is 1. The Morgan fingerprint density at radius 1 is 1.39 bits per heavy atom. The molecular formula is C12H10ClN3O2. The summed E-state index contributed by atoms with van der Waals surface area (Å²) in [5.74, 6) is 1.72. The van der Waals surface area contributed by atoms with Crippen molar-refractivity contribution in [2.75, 3.05) is 12.4 Å². The molecule has 3 rings (SSSR count). The van der Waals surface area contributed by atoms with Crippen LogP contribution in [0.3, 0.4) is 0 Å². The zero-order valence-corrected chi connectivity index (χ0v) is 10.4. The van der Waals surface area contributed by atoms with Gasteiger partial charge in [-0.1, -0.05) is 23.7 Å². The van der Waals surface area contributed by atoms with Crippen LogP contribution in [0.4, 0.5) is 5.69 Å². The number of hydrogen-bond donors (Lipinski definition) is 1. The van der Waals surface area contributed by atoms with Crippen LogP contribution in [0.15, 0.2) is 24.5 Å². The van der Waals surface area contributed by atoms with Crippen LogP contribution in [0.5, 0.6) is 17.4 Å². The van der Waals surface area contributed by atoms with Gasteiger partial charge in [-0.15, -0.1) is 0 Å². The van der Waals surface area contributed by atoms with E-state index in [0.29, 0.717) is 34.8 Å². The number of hydrogen-bond acceptors (Lipinski definition) is 5. The van der Waals surface area contributed by atoms with E-state index in [-0.39, 0.29) is 0 Å². The summed E-state index contributed by atoms with van der Waals surface area (Å²) in [5, 5.41) is 3.50. The summed E-state index contributed by atoms with van der Waals surface area (Å²) < 4.78 is 11.1. The maximum absolute atomic E-state index is 6.01. The van der Waals surface area contributed by atoms with Crippen molar-refractivity contribution in [3.05, 3.63) is 35.2 Å². The van der Waals surface area contributed by atoms with E-state index in [9.17, 15) is 0 Å². The maximum Gasteiger partial charge on any atom is 0.247 e. The number of anilines is 1. The molecule has 0 bridgehead atoms. The van der Waals surface area contributed by atoms with Crippen molar-refractivity contribution in [3.63, 3.8) is 0 Å². The van der Waals surface area contributed by atoms with E-state index in [1.807, 2.05) is 18.2 Å². The molecule has 0 amide bonds.